The molecule has 5 rings (SSSR count). The first kappa shape index (κ1) is 25.1. The van der Waals surface area contributed by atoms with Crippen LogP contribution in [0.5, 0.6) is 0 Å². The van der Waals surface area contributed by atoms with Crippen molar-refractivity contribution in [3.05, 3.63) is 126 Å². The first-order valence-electron chi connectivity index (χ1n) is 11.6. The molecule has 4 nitrogen and oxygen atoms in total. The van der Waals surface area contributed by atoms with E-state index in [2.05, 4.69) is 4.98 Å². The molecule has 0 amide bonds. The molecule has 0 radical (unpaired) electrons. The number of aromatic nitrogens is 1. The Balaban J connectivity index is 1.78. The third-order valence-corrected chi connectivity index (χ3v) is 6.29. The molecule has 1 heterocycles. The average Bonchev–Trinajstić information content (AvgIpc) is 2.92. The van der Waals surface area contributed by atoms with Crippen LogP contribution in [0.15, 0.2) is 109 Å². The lowest BCUT2D eigenvalue weighted by Crippen LogP contribution is -2.31. The Hall–Kier alpha value is -4.56. The van der Waals surface area contributed by atoms with Gasteiger partial charge in [-0.15, -0.1) is 0 Å². The van der Waals surface area contributed by atoms with E-state index >= 15 is 0 Å². The first-order valence-corrected chi connectivity index (χ1v) is 12.0. The highest BCUT2D eigenvalue weighted by Gasteiger charge is 2.34. The van der Waals surface area contributed by atoms with Gasteiger partial charge in [-0.1, -0.05) is 72.8 Å². The molecule has 0 saturated carbocycles. The largest absolute Gasteiger partial charge is 0.418 e. The molecule has 0 saturated heterocycles. The lowest BCUT2D eigenvalue weighted by atomic mass is 9.91. The smallest absolute Gasteiger partial charge is 0.376 e. The zero-order chi connectivity index (χ0) is 26.9. The van der Waals surface area contributed by atoms with Gasteiger partial charge in [0.2, 0.25) is 0 Å². The van der Waals surface area contributed by atoms with E-state index in [0.717, 1.165) is 11.8 Å². The van der Waals surface area contributed by atoms with Gasteiger partial charge in [0.25, 0.3) is 0 Å². The van der Waals surface area contributed by atoms with Gasteiger partial charge in [-0.05, 0) is 48.1 Å². The molecule has 0 aliphatic heterocycles. The molecule has 38 heavy (non-hydrogen) atoms. The number of thiocarbonyl (C=S) groups is 1. The van der Waals surface area contributed by atoms with Crippen LogP contribution in [0, 0.1) is 0 Å². The highest BCUT2D eigenvalue weighted by molar-refractivity contribution is 7.80. The highest BCUT2D eigenvalue weighted by Crippen LogP contribution is 2.40. The van der Waals surface area contributed by atoms with Gasteiger partial charge in [-0.2, -0.15) is 13.2 Å². The number of rotatable bonds is 5. The van der Waals surface area contributed by atoms with Gasteiger partial charge in [0, 0.05) is 39.6 Å². The number of nitrogens with zero attached hydrogens (tertiary/aromatic N) is 2. The van der Waals surface area contributed by atoms with E-state index in [-0.39, 0.29) is 27.4 Å². The van der Waals surface area contributed by atoms with Gasteiger partial charge < -0.3 is 5.73 Å². The lowest BCUT2D eigenvalue weighted by Gasteiger charge is -2.24. The molecule has 0 fully saturated rings. The predicted molar refractivity (Wildman–Crippen MR) is 147 cm³/mol. The molecule has 2 N–H and O–H groups in total. The van der Waals surface area contributed by atoms with Crippen LogP contribution in [0.25, 0.3) is 22.0 Å². The van der Waals surface area contributed by atoms with Gasteiger partial charge >= 0.3 is 6.18 Å². The van der Waals surface area contributed by atoms with Gasteiger partial charge in [0.15, 0.2) is 10.9 Å². The van der Waals surface area contributed by atoms with Crippen LogP contribution in [0.1, 0.15) is 21.5 Å². The van der Waals surface area contributed by atoms with Crippen molar-refractivity contribution in [2.45, 2.75) is 6.18 Å². The number of alkyl halides is 3. The maximum Gasteiger partial charge on any atom is 0.418 e. The maximum absolute atomic E-state index is 13.9. The minimum Gasteiger partial charge on any atom is -0.376 e. The van der Waals surface area contributed by atoms with Crippen LogP contribution >= 0.6 is 12.2 Å². The summed E-state index contributed by atoms with van der Waals surface area (Å²) in [5.41, 5.74) is 7.71. The summed E-state index contributed by atoms with van der Waals surface area (Å²) in [6.07, 6.45) is -3.40. The van der Waals surface area contributed by atoms with E-state index in [9.17, 15) is 18.0 Å². The third-order valence-electron chi connectivity index (χ3n) is 6.11. The number of benzene rings is 4. The van der Waals surface area contributed by atoms with Gasteiger partial charge in [-0.3, -0.25) is 14.7 Å². The molecule has 0 aliphatic rings. The Morgan fingerprint density at radius 2 is 1.45 bits per heavy atom. The maximum atomic E-state index is 13.9. The van der Waals surface area contributed by atoms with E-state index in [0.29, 0.717) is 22.4 Å². The Labute approximate surface area is 222 Å². The summed E-state index contributed by atoms with van der Waals surface area (Å²) < 4.78 is 41.6. The second-order valence-corrected chi connectivity index (χ2v) is 8.92. The summed E-state index contributed by atoms with van der Waals surface area (Å²) in [5.74, 6) is -0.355. The van der Waals surface area contributed by atoms with Crippen LogP contribution in [0.4, 0.5) is 24.5 Å². The Morgan fingerprint density at radius 3 is 2.11 bits per heavy atom. The molecule has 0 bridgehead atoms. The molecule has 0 atom stereocenters. The third kappa shape index (κ3) is 4.73. The Kier molecular flexibility index (Phi) is 6.65. The number of anilines is 2. The number of hydrogen-bond acceptors (Lipinski definition) is 3. The number of nitrogens with two attached hydrogens (primary N) is 1. The van der Waals surface area contributed by atoms with E-state index in [1.165, 1.54) is 12.3 Å². The number of halogens is 3. The van der Waals surface area contributed by atoms with E-state index in [1.807, 2.05) is 30.3 Å². The van der Waals surface area contributed by atoms with Crippen molar-refractivity contribution < 1.29 is 18.0 Å². The van der Waals surface area contributed by atoms with Crippen molar-refractivity contribution in [1.29, 1.82) is 0 Å². The summed E-state index contributed by atoms with van der Waals surface area (Å²) in [6, 6.07) is 28.7. The molecule has 188 valence electrons. The number of ketones is 1. The Morgan fingerprint density at radius 1 is 0.816 bits per heavy atom. The summed E-state index contributed by atoms with van der Waals surface area (Å²) in [6.45, 7) is 0. The molecule has 5 aromatic rings. The topological polar surface area (TPSA) is 59.2 Å². The fourth-order valence-electron chi connectivity index (χ4n) is 4.46. The molecular weight excluding hydrogens is 507 g/mol. The summed E-state index contributed by atoms with van der Waals surface area (Å²) in [7, 11) is 0. The normalized spacial score (nSPS) is 11.3. The second kappa shape index (κ2) is 10.1. The van der Waals surface area contributed by atoms with Crippen molar-refractivity contribution in [3.63, 3.8) is 0 Å². The van der Waals surface area contributed by atoms with E-state index in [1.54, 1.807) is 65.6 Å². The van der Waals surface area contributed by atoms with Crippen molar-refractivity contribution >= 4 is 45.4 Å². The monoisotopic (exact) mass is 527 g/mol. The highest BCUT2D eigenvalue weighted by atomic mass is 32.1. The zero-order valence-corrected chi connectivity index (χ0v) is 20.6. The van der Waals surface area contributed by atoms with Crippen LogP contribution in [0.2, 0.25) is 0 Å². The van der Waals surface area contributed by atoms with Crippen LogP contribution in [-0.4, -0.2) is 15.9 Å². The molecular formula is C30H20F3N3OS. The average molecular weight is 528 g/mol. The number of carbonyl (C=O) groups is 1. The number of pyridine rings is 1. The predicted octanol–water partition coefficient (Wildman–Crippen LogP) is 7.53. The standard InChI is InChI=1S/C30H20F3N3OS/c31-30(32,33)25-16-8-15-23-26(24(18-35-27(23)25)28(37)19-9-3-1-4-10-19)20-11-7-14-22(17-20)36(29(34)38)21-12-5-2-6-13-21/h1-18H,(H2,34,38). The van der Waals surface area contributed by atoms with Crippen molar-refractivity contribution in [3.8, 4) is 11.1 Å². The summed E-state index contributed by atoms with van der Waals surface area (Å²) in [5, 5.41) is 0.299. The van der Waals surface area contributed by atoms with Crippen LogP contribution in [-0.2, 0) is 6.18 Å². The quantitative estimate of drug-likeness (QED) is 0.189. The van der Waals surface area contributed by atoms with Crippen molar-refractivity contribution in [1.82, 2.24) is 4.98 Å². The fourth-order valence-corrected chi connectivity index (χ4v) is 4.67. The molecule has 8 heteroatoms. The van der Waals surface area contributed by atoms with E-state index in [4.69, 9.17) is 18.0 Å². The minimum atomic E-state index is -4.62. The molecule has 0 spiro atoms. The lowest BCUT2D eigenvalue weighted by molar-refractivity contribution is -0.136. The van der Waals surface area contributed by atoms with Crippen molar-refractivity contribution in [2.75, 3.05) is 4.90 Å². The van der Waals surface area contributed by atoms with Gasteiger partial charge in [0.1, 0.15) is 0 Å². The molecule has 0 aliphatic carbocycles. The fraction of sp³-hybridized carbons (Fsp3) is 0.0333. The SMILES string of the molecule is NC(=S)N(c1ccccc1)c1cccc(-c2c(C(=O)c3ccccc3)cnc3c(C(F)(F)F)cccc23)c1. The number of fused-ring (bicyclic) bond motifs is 1. The van der Waals surface area contributed by atoms with Crippen molar-refractivity contribution in [2.24, 2.45) is 5.73 Å². The number of carbonyl (C=O) groups excluding carboxylic acids is 1. The van der Waals surface area contributed by atoms with Crippen LogP contribution in [0.3, 0.4) is 0 Å². The molecule has 4 aromatic carbocycles. The summed E-state index contributed by atoms with van der Waals surface area (Å²) >= 11 is 5.32. The summed E-state index contributed by atoms with van der Waals surface area (Å²) in [4.78, 5) is 19.4. The van der Waals surface area contributed by atoms with Gasteiger partial charge in [0.05, 0.1) is 11.1 Å². The van der Waals surface area contributed by atoms with E-state index < -0.39 is 11.7 Å². The molecule has 0 unspecified atom stereocenters. The zero-order valence-electron chi connectivity index (χ0n) is 19.8. The van der Waals surface area contributed by atoms with Gasteiger partial charge in [-0.25, -0.2) is 0 Å². The second-order valence-electron chi connectivity index (χ2n) is 8.50. The number of para-hydroxylation sites is 2. The minimum absolute atomic E-state index is 0.0906. The first-order chi connectivity index (χ1) is 18.3. The number of hydrogen-bond donors (Lipinski definition) is 1. The van der Waals surface area contributed by atoms with Crippen LogP contribution < -0.4 is 10.6 Å². The Bertz CT molecular complexity index is 1650. The molecule has 1 aromatic heterocycles.